The highest BCUT2D eigenvalue weighted by atomic mass is 16.8. The van der Waals surface area contributed by atoms with Crippen LogP contribution < -0.4 is 0 Å². The lowest BCUT2D eigenvalue weighted by Gasteiger charge is -2.22. The summed E-state index contributed by atoms with van der Waals surface area (Å²) in [6.07, 6.45) is -3.90. The minimum atomic E-state index is -1.05. The van der Waals surface area contributed by atoms with Gasteiger partial charge < -0.3 is 29.2 Å². The van der Waals surface area contributed by atoms with E-state index in [1.54, 1.807) is 13.8 Å². The van der Waals surface area contributed by atoms with Gasteiger partial charge in [-0.3, -0.25) is 0 Å². The largest absolute Gasteiger partial charge is 0.387 e. The van der Waals surface area contributed by atoms with Gasteiger partial charge in [-0.1, -0.05) is 0 Å². The maximum absolute atomic E-state index is 9.80. The molecule has 0 bridgehead atoms. The normalized spacial score (nSPS) is 47.4. The second-order valence-corrected chi connectivity index (χ2v) is 4.55. The molecule has 6 nitrogen and oxygen atoms in total. The molecule has 2 rings (SSSR count). The molecule has 0 saturated carbocycles. The van der Waals surface area contributed by atoms with Gasteiger partial charge in [-0.15, -0.1) is 0 Å². The summed E-state index contributed by atoms with van der Waals surface area (Å²) in [5.41, 5.74) is 0. The lowest BCUT2D eigenvalue weighted by atomic mass is 10.1. The third-order valence-corrected chi connectivity index (χ3v) is 2.89. The van der Waals surface area contributed by atoms with Gasteiger partial charge in [0.05, 0.1) is 6.61 Å². The first-order valence-electron chi connectivity index (χ1n) is 5.31. The maximum atomic E-state index is 9.80. The summed E-state index contributed by atoms with van der Waals surface area (Å²) < 4.78 is 21.2. The van der Waals surface area contributed by atoms with Crippen LogP contribution in [-0.2, 0) is 18.9 Å². The molecule has 2 N–H and O–H groups in total. The molecule has 2 aliphatic rings. The van der Waals surface area contributed by atoms with Crippen LogP contribution in [0.4, 0.5) is 0 Å². The van der Waals surface area contributed by atoms with Crippen LogP contribution in [0.25, 0.3) is 0 Å². The molecule has 16 heavy (non-hydrogen) atoms. The Bertz CT molecular complexity index is 256. The van der Waals surface area contributed by atoms with E-state index >= 15 is 0 Å². The first-order chi connectivity index (χ1) is 7.44. The molecule has 5 atom stereocenters. The van der Waals surface area contributed by atoms with E-state index in [4.69, 9.17) is 18.9 Å². The molecule has 0 aromatic heterocycles. The average Bonchev–Trinajstić information content (AvgIpc) is 2.70. The summed E-state index contributed by atoms with van der Waals surface area (Å²) in [6.45, 7) is 3.91. The van der Waals surface area contributed by atoms with E-state index in [1.807, 2.05) is 0 Å². The first kappa shape index (κ1) is 12.2. The highest BCUT2D eigenvalue weighted by molar-refractivity contribution is 4.93. The first-order valence-corrected chi connectivity index (χ1v) is 5.31. The standard InChI is InChI=1S/C10H18O6/c1-10(2)14-4-5(16-10)8-6(11)7(12)9(13-3)15-8/h5-9,11-12H,4H2,1-3H3/t5-,6-,7-,8+,9+/m1/s1. The van der Waals surface area contributed by atoms with Crippen LogP contribution in [-0.4, -0.2) is 60.4 Å². The Morgan fingerprint density at radius 3 is 2.38 bits per heavy atom. The number of aliphatic hydroxyl groups excluding tert-OH is 2. The van der Waals surface area contributed by atoms with Crippen LogP contribution in [0.2, 0.25) is 0 Å². The Morgan fingerprint density at radius 2 is 1.94 bits per heavy atom. The SMILES string of the molecule is CO[C@H]1O[C@@H]([C@H]2COC(C)(C)O2)[C@H](O)[C@H]1O. The molecule has 2 fully saturated rings. The van der Waals surface area contributed by atoms with Gasteiger partial charge in [0.1, 0.15) is 24.4 Å². The molecule has 0 spiro atoms. The molecule has 0 unspecified atom stereocenters. The summed E-state index contributed by atoms with van der Waals surface area (Å²) in [7, 11) is 1.42. The van der Waals surface area contributed by atoms with E-state index in [0.717, 1.165) is 0 Å². The molecule has 2 heterocycles. The van der Waals surface area contributed by atoms with Gasteiger partial charge in [0, 0.05) is 7.11 Å². The molecule has 0 aromatic carbocycles. The zero-order valence-corrected chi connectivity index (χ0v) is 9.62. The number of aliphatic hydroxyl groups is 2. The summed E-state index contributed by atoms with van der Waals surface area (Å²) in [6, 6.07) is 0. The summed E-state index contributed by atoms with van der Waals surface area (Å²) in [4.78, 5) is 0. The fourth-order valence-electron chi connectivity index (χ4n) is 2.05. The van der Waals surface area contributed by atoms with Crippen molar-refractivity contribution in [2.45, 2.75) is 50.3 Å². The van der Waals surface area contributed by atoms with Crippen molar-refractivity contribution in [1.29, 1.82) is 0 Å². The van der Waals surface area contributed by atoms with Gasteiger partial charge in [0.15, 0.2) is 12.1 Å². The molecular formula is C10H18O6. The third-order valence-electron chi connectivity index (χ3n) is 2.89. The smallest absolute Gasteiger partial charge is 0.186 e. The van der Waals surface area contributed by atoms with E-state index in [-0.39, 0.29) is 6.10 Å². The molecule has 0 radical (unpaired) electrons. The molecule has 94 valence electrons. The van der Waals surface area contributed by atoms with E-state index < -0.39 is 30.4 Å². The van der Waals surface area contributed by atoms with Crippen molar-refractivity contribution in [3.05, 3.63) is 0 Å². The van der Waals surface area contributed by atoms with E-state index in [1.165, 1.54) is 7.11 Å². The Kier molecular flexibility index (Phi) is 3.22. The number of rotatable bonds is 2. The predicted octanol–water partition coefficient (Wildman–Crippen LogP) is -0.769. The zero-order valence-electron chi connectivity index (χ0n) is 9.62. The van der Waals surface area contributed by atoms with Crippen LogP contribution in [0, 0.1) is 0 Å². The summed E-state index contributed by atoms with van der Waals surface area (Å²) >= 11 is 0. The van der Waals surface area contributed by atoms with Crippen molar-refractivity contribution in [3.63, 3.8) is 0 Å². The Labute approximate surface area is 94.1 Å². The van der Waals surface area contributed by atoms with Gasteiger partial charge in [-0.25, -0.2) is 0 Å². The van der Waals surface area contributed by atoms with Crippen LogP contribution in [0.3, 0.4) is 0 Å². The molecule has 6 heteroatoms. The lowest BCUT2D eigenvalue weighted by molar-refractivity contribution is -0.185. The number of hydrogen-bond acceptors (Lipinski definition) is 6. The molecule has 0 amide bonds. The van der Waals surface area contributed by atoms with Gasteiger partial charge in [0.2, 0.25) is 0 Å². The topological polar surface area (TPSA) is 77.4 Å². The Hall–Kier alpha value is -0.240. The van der Waals surface area contributed by atoms with Crippen LogP contribution in [0.15, 0.2) is 0 Å². The fourth-order valence-corrected chi connectivity index (χ4v) is 2.05. The molecule has 2 aliphatic heterocycles. The summed E-state index contributed by atoms with van der Waals surface area (Å²) in [5.74, 6) is -0.677. The molecule has 0 aliphatic carbocycles. The van der Waals surface area contributed by atoms with Crippen molar-refractivity contribution in [2.75, 3.05) is 13.7 Å². The van der Waals surface area contributed by atoms with Crippen molar-refractivity contribution in [3.8, 4) is 0 Å². The van der Waals surface area contributed by atoms with Gasteiger partial charge in [-0.05, 0) is 13.8 Å². The van der Waals surface area contributed by atoms with Crippen LogP contribution in [0.1, 0.15) is 13.8 Å². The van der Waals surface area contributed by atoms with E-state index in [9.17, 15) is 10.2 Å². The van der Waals surface area contributed by atoms with Crippen molar-refractivity contribution < 1.29 is 29.2 Å². The minimum Gasteiger partial charge on any atom is -0.387 e. The minimum absolute atomic E-state index is 0.331. The van der Waals surface area contributed by atoms with Crippen molar-refractivity contribution in [2.24, 2.45) is 0 Å². The van der Waals surface area contributed by atoms with E-state index in [2.05, 4.69) is 0 Å². The highest BCUT2D eigenvalue weighted by Crippen LogP contribution is 2.32. The second kappa shape index (κ2) is 4.21. The highest BCUT2D eigenvalue weighted by Gasteiger charge is 2.50. The number of methoxy groups -OCH3 is 1. The third kappa shape index (κ3) is 2.09. The van der Waals surface area contributed by atoms with Gasteiger partial charge in [-0.2, -0.15) is 0 Å². The van der Waals surface area contributed by atoms with Crippen molar-refractivity contribution >= 4 is 0 Å². The quantitative estimate of drug-likeness (QED) is 0.653. The summed E-state index contributed by atoms with van der Waals surface area (Å²) in [5, 5.41) is 19.4. The van der Waals surface area contributed by atoms with Crippen LogP contribution >= 0.6 is 0 Å². The molecular weight excluding hydrogens is 216 g/mol. The van der Waals surface area contributed by atoms with Crippen molar-refractivity contribution in [1.82, 2.24) is 0 Å². The Balaban J connectivity index is 2.01. The number of hydrogen-bond donors (Lipinski definition) is 2. The second-order valence-electron chi connectivity index (χ2n) is 4.55. The predicted molar refractivity (Wildman–Crippen MR) is 52.6 cm³/mol. The van der Waals surface area contributed by atoms with Gasteiger partial charge in [0.25, 0.3) is 0 Å². The molecule has 2 saturated heterocycles. The monoisotopic (exact) mass is 234 g/mol. The average molecular weight is 234 g/mol. The lowest BCUT2D eigenvalue weighted by Crippen LogP contribution is -2.40. The molecule has 0 aromatic rings. The Morgan fingerprint density at radius 1 is 1.25 bits per heavy atom. The van der Waals surface area contributed by atoms with Crippen LogP contribution in [0.5, 0.6) is 0 Å². The number of ether oxygens (including phenoxy) is 4. The maximum Gasteiger partial charge on any atom is 0.186 e. The fraction of sp³-hybridized carbons (Fsp3) is 1.00. The van der Waals surface area contributed by atoms with Gasteiger partial charge >= 0.3 is 0 Å². The van der Waals surface area contributed by atoms with E-state index in [0.29, 0.717) is 6.61 Å². The zero-order chi connectivity index (χ0) is 11.9.